The molecule has 0 atom stereocenters. The summed E-state index contributed by atoms with van der Waals surface area (Å²) in [4.78, 5) is 17.5. The molecule has 3 aromatic carbocycles. The third-order valence-corrected chi connectivity index (χ3v) is 7.06. The molecule has 5 rings (SSSR count). The van der Waals surface area contributed by atoms with Crippen molar-refractivity contribution < 1.29 is 22.7 Å². The summed E-state index contributed by atoms with van der Waals surface area (Å²) in [6.45, 7) is 6.11. The topological polar surface area (TPSA) is 37.7 Å². The summed E-state index contributed by atoms with van der Waals surface area (Å²) in [6.07, 6.45) is -4.39. The van der Waals surface area contributed by atoms with E-state index in [1.54, 1.807) is 11.0 Å². The fourth-order valence-corrected chi connectivity index (χ4v) is 5.09. The highest BCUT2D eigenvalue weighted by Gasteiger charge is 2.32. The average molecular weight is 534 g/mol. The van der Waals surface area contributed by atoms with E-state index in [0.29, 0.717) is 44.0 Å². The molecule has 2 heterocycles. The summed E-state index contributed by atoms with van der Waals surface area (Å²) < 4.78 is 47.6. The molecule has 0 radical (unpaired) electrons. The molecule has 202 valence electrons. The van der Waals surface area contributed by atoms with Crippen LogP contribution in [0.5, 0.6) is 5.75 Å². The van der Waals surface area contributed by atoms with Gasteiger partial charge >= 0.3 is 6.18 Å². The van der Waals surface area contributed by atoms with Crippen LogP contribution in [0.25, 0.3) is 16.9 Å². The molecule has 4 aromatic rings. The first-order valence-corrected chi connectivity index (χ1v) is 13.0. The van der Waals surface area contributed by atoms with Crippen LogP contribution in [0.4, 0.5) is 18.9 Å². The molecular weight excluding hydrogens is 503 g/mol. The molecule has 1 fully saturated rings. The largest absolute Gasteiger partial charge is 0.492 e. The van der Waals surface area contributed by atoms with Crippen LogP contribution in [0.3, 0.4) is 0 Å². The molecule has 5 nitrogen and oxygen atoms in total. The van der Waals surface area contributed by atoms with Crippen LogP contribution in [-0.4, -0.2) is 48.2 Å². The van der Waals surface area contributed by atoms with E-state index < -0.39 is 11.7 Å². The van der Waals surface area contributed by atoms with Crippen LogP contribution in [-0.2, 0) is 6.18 Å². The molecule has 0 bridgehead atoms. The van der Waals surface area contributed by atoms with Crippen molar-refractivity contribution in [2.45, 2.75) is 20.0 Å². The van der Waals surface area contributed by atoms with Gasteiger partial charge in [0.1, 0.15) is 5.75 Å². The Morgan fingerprint density at radius 2 is 1.56 bits per heavy atom. The third kappa shape index (κ3) is 5.37. The quantitative estimate of drug-likeness (QED) is 0.273. The number of benzene rings is 3. The van der Waals surface area contributed by atoms with Crippen LogP contribution in [0.1, 0.15) is 28.5 Å². The van der Waals surface area contributed by atoms with Gasteiger partial charge in [-0.1, -0.05) is 48.5 Å². The number of piperazine rings is 1. The van der Waals surface area contributed by atoms with Gasteiger partial charge in [0.25, 0.3) is 5.91 Å². The summed E-state index contributed by atoms with van der Waals surface area (Å²) in [5.74, 6) is 0.630. The van der Waals surface area contributed by atoms with Crippen molar-refractivity contribution in [2.75, 3.05) is 37.7 Å². The van der Waals surface area contributed by atoms with E-state index in [0.717, 1.165) is 34.5 Å². The first kappa shape index (κ1) is 26.4. The van der Waals surface area contributed by atoms with Crippen molar-refractivity contribution in [1.82, 2.24) is 9.47 Å². The summed E-state index contributed by atoms with van der Waals surface area (Å²) in [5, 5.41) is 0. The van der Waals surface area contributed by atoms with Gasteiger partial charge < -0.3 is 19.1 Å². The highest BCUT2D eigenvalue weighted by Crippen LogP contribution is 2.35. The molecule has 0 unspecified atom stereocenters. The molecule has 8 heteroatoms. The lowest BCUT2D eigenvalue weighted by Crippen LogP contribution is -2.49. The van der Waals surface area contributed by atoms with Crippen LogP contribution >= 0.6 is 0 Å². The molecule has 39 heavy (non-hydrogen) atoms. The van der Waals surface area contributed by atoms with Crippen LogP contribution < -0.4 is 9.64 Å². The summed E-state index contributed by atoms with van der Waals surface area (Å²) in [7, 11) is 0. The Labute approximate surface area is 226 Å². The second kappa shape index (κ2) is 10.9. The second-order valence-electron chi connectivity index (χ2n) is 9.46. The second-order valence-corrected chi connectivity index (χ2v) is 9.46. The maximum atomic E-state index is 13.8. The van der Waals surface area contributed by atoms with E-state index in [4.69, 9.17) is 4.74 Å². The monoisotopic (exact) mass is 533 g/mol. The van der Waals surface area contributed by atoms with Gasteiger partial charge in [-0.15, -0.1) is 0 Å². The number of alkyl halides is 3. The zero-order chi connectivity index (χ0) is 27.6. The lowest BCUT2D eigenvalue weighted by molar-refractivity contribution is -0.137. The van der Waals surface area contributed by atoms with E-state index >= 15 is 0 Å². The maximum Gasteiger partial charge on any atom is 0.416 e. The standard InChI is InChI=1S/C31H30F3N3O2/c1-3-39-29-15-8-7-14-27(29)37-22(2)26(21-28(37)23-10-5-4-6-11-23)30(38)36-18-16-35(17-19-36)25-13-9-12-24(20-25)31(32,33)34/h4-15,20-21H,3,16-19H2,1-2H3. The third-order valence-electron chi connectivity index (χ3n) is 7.06. The summed E-state index contributed by atoms with van der Waals surface area (Å²) in [5.41, 5.74) is 3.93. The summed E-state index contributed by atoms with van der Waals surface area (Å²) in [6, 6.07) is 24.9. The minimum atomic E-state index is -4.39. The highest BCUT2D eigenvalue weighted by molar-refractivity contribution is 5.97. The Morgan fingerprint density at radius 3 is 2.26 bits per heavy atom. The van der Waals surface area contributed by atoms with Crippen molar-refractivity contribution >= 4 is 11.6 Å². The normalized spacial score (nSPS) is 14.0. The van der Waals surface area contributed by atoms with E-state index in [1.165, 1.54) is 12.1 Å². The average Bonchev–Trinajstić information content (AvgIpc) is 3.30. The zero-order valence-corrected chi connectivity index (χ0v) is 21.9. The van der Waals surface area contributed by atoms with E-state index in [2.05, 4.69) is 4.57 Å². The Hall–Kier alpha value is -4.20. The predicted octanol–water partition coefficient (Wildman–Crippen LogP) is 6.83. The molecule has 0 N–H and O–H groups in total. The minimum absolute atomic E-state index is 0.0963. The van der Waals surface area contributed by atoms with E-state index in [1.807, 2.05) is 79.4 Å². The Morgan fingerprint density at radius 1 is 0.872 bits per heavy atom. The number of carbonyl (C=O) groups excluding carboxylic acids is 1. The van der Waals surface area contributed by atoms with Gasteiger partial charge in [-0.2, -0.15) is 13.2 Å². The number of nitrogens with zero attached hydrogens (tertiary/aromatic N) is 3. The number of amides is 1. The van der Waals surface area contributed by atoms with Crippen molar-refractivity contribution in [3.63, 3.8) is 0 Å². The van der Waals surface area contributed by atoms with Gasteiger partial charge in [-0.05, 0) is 55.8 Å². The van der Waals surface area contributed by atoms with E-state index in [-0.39, 0.29) is 5.91 Å². The van der Waals surface area contributed by atoms with Gasteiger partial charge in [0.2, 0.25) is 0 Å². The van der Waals surface area contributed by atoms with E-state index in [9.17, 15) is 18.0 Å². The van der Waals surface area contributed by atoms with Crippen LogP contribution in [0.15, 0.2) is 84.9 Å². The SMILES string of the molecule is CCOc1ccccc1-n1c(-c2ccccc2)cc(C(=O)N2CCN(c3cccc(C(F)(F)F)c3)CC2)c1C. The Kier molecular flexibility index (Phi) is 7.37. The molecular formula is C31H30F3N3O2. The van der Waals surface area contributed by atoms with Crippen molar-refractivity contribution in [2.24, 2.45) is 0 Å². The Bertz CT molecular complexity index is 1460. The molecule has 0 aliphatic carbocycles. The zero-order valence-electron chi connectivity index (χ0n) is 21.9. The number of ether oxygens (including phenoxy) is 1. The molecule has 0 spiro atoms. The minimum Gasteiger partial charge on any atom is -0.492 e. The fraction of sp³-hybridized carbons (Fsp3) is 0.258. The van der Waals surface area contributed by atoms with Crippen molar-refractivity contribution in [3.05, 3.63) is 102 Å². The van der Waals surface area contributed by atoms with Crippen LogP contribution in [0.2, 0.25) is 0 Å². The van der Waals surface area contributed by atoms with Gasteiger partial charge in [-0.25, -0.2) is 0 Å². The smallest absolute Gasteiger partial charge is 0.416 e. The molecule has 1 aliphatic heterocycles. The number of para-hydroxylation sites is 2. The number of carbonyl (C=O) groups is 1. The number of anilines is 1. The predicted molar refractivity (Wildman–Crippen MR) is 147 cm³/mol. The molecule has 0 saturated carbocycles. The van der Waals surface area contributed by atoms with Crippen molar-refractivity contribution in [3.8, 4) is 22.7 Å². The lowest BCUT2D eigenvalue weighted by Gasteiger charge is -2.36. The fourth-order valence-electron chi connectivity index (χ4n) is 5.09. The molecule has 1 amide bonds. The highest BCUT2D eigenvalue weighted by atomic mass is 19.4. The first-order valence-electron chi connectivity index (χ1n) is 13.0. The number of hydrogen-bond acceptors (Lipinski definition) is 3. The number of hydrogen-bond donors (Lipinski definition) is 0. The number of aromatic nitrogens is 1. The number of rotatable bonds is 6. The first-order chi connectivity index (χ1) is 18.8. The van der Waals surface area contributed by atoms with Gasteiger partial charge in [0, 0.05) is 37.6 Å². The molecule has 1 aromatic heterocycles. The van der Waals surface area contributed by atoms with Gasteiger partial charge in [-0.3, -0.25) is 4.79 Å². The maximum absolute atomic E-state index is 13.8. The van der Waals surface area contributed by atoms with Gasteiger partial charge in [0.15, 0.2) is 0 Å². The van der Waals surface area contributed by atoms with Crippen molar-refractivity contribution in [1.29, 1.82) is 0 Å². The van der Waals surface area contributed by atoms with Gasteiger partial charge in [0.05, 0.1) is 29.1 Å². The molecule has 1 saturated heterocycles. The van der Waals surface area contributed by atoms with Crippen LogP contribution in [0, 0.1) is 6.92 Å². The summed E-state index contributed by atoms with van der Waals surface area (Å²) >= 11 is 0. The number of halogens is 3. The lowest BCUT2D eigenvalue weighted by atomic mass is 10.1. The molecule has 1 aliphatic rings. The Balaban J connectivity index is 1.44.